The molecule has 0 saturated carbocycles. The molecule has 0 N–H and O–H groups in total. The zero-order valence-corrected chi connectivity index (χ0v) is 16.2. The molecule has 26 heavy (non-hydrogen) atoms. The quantitative estimate of drug-likeness (QED) is 0.745. The van der Waals surface area contributed by atoms with Gasteiger partial charge >= 0.3 is 7.12 Å². The first-order valence-electron chi connectivity index (χ1n) is 8.82. The fraction of sp³-hybridized carbons (Fsp3) is 0.400. The highest BCUT2D eigenvalue weighted by atomic mass is 35.5. The molecule has 1 fully saturated rings. The normalized spacial score (nSPS) is 20.3. The lowest BCUT2D eigenvalue weighted by Crippen LogP contribution is -2.41. The van der Waals surface area contributed by atoms with Crippen molar-refractivity contribution in [2.75, 3.05) is 13.2 Å². The standard InChI is InChI=1S/C20H22BClO4/c1-19(2)20(3,4)26-21(25-19)15-7-5-6-14(18(15)22)13-8-9-16-17(12-13)24-11-10-23-16/h5-9,12H,10-11H2,1-4H3. The van der Waals surface area contributed by atoms with Crippen LogP contribution < -0.4 is 14.9 Å². The number of hydrogen-bond acceptors (Lipinski definition) is 4. The highest BCUT2D eigenvalue weighted by Crippen LogP contribution is 2.39. The Morgan fingerprint density at radius 1 is 0.885 bits per heavy atom. The van der Waals surface area contributed by atoms with Gasteiger partial charge in [-0.05, 0) is 45.4 Å². The molecular formula is C20H22BClO4. The molecule has 4 rings (SSSR count). The summed E-state index contributed by atoms with van der Waals surface area (Å²) in [5.41, 5.74) is 1.90. The van der Waals surface area contributed by atoms with E-state index in [9.17, 15) is 0 Å². The largest absolute Gasteiger partial charge is 0.496 e. The van der Waals surface area contributed by atoms with Crippen molar-refractivity contribution >= 4 is 24.2 Å². The van der Waals surface area contributed by atoms with Crippen LogP contribution in [0.25, 0.3) is 11.1 Å². The predicted octanol–water partition coefficient (Wildman–Crippen LogP) is 4.08. The van der Waals surface area contributed by atoms with Crippen LogP contribution in [0.1, 0.15) is 27.7 Å². The molecule has 4 nitrogen and oxygen atoms in total. The molecule has 0 atom stereocenters. The Morgan fingerprint density at radius 2 is 1.54 bits per heavy atom. The second-order valence-electron chi connectivity index (χ2n) is 7.66. The third kappa shape index (κ3) is 2.88. The summed E-state index contributed by atoms with van der Waals surface area (Å²) in [5, 5.41) is 0.627. The van der Waals surface area contributed by atoms with Crippen molar-refractivity contribution in [1.82, 2.24) is 0 Å². The Kier molecular flexibility index (Phi) is 4.22. The van der Waals surface area contributed by atoms with Gasteiger partial charge in [0.25, 0.3) is 0 Å². The van der Waals surface area contributed by atoms with Crippen LogP contribution in [0.2, 0.25) is 5.02 Å². The molecular weight excluding hydrogens is 350 g/mol. The number of rotatable bonds is 2. The summed E-state index contributed by atoms with van der Waals surface area (Å²) in [4.78, 5) is 0. The zero-order valence-electron chi connectivity index (χ0n) is 15.5. The molecule has 0 unspecified atom stereocenters. The van der Waals surface area contributed by atoms with E-state index in [0.717, 1.165) is 28.1 Å². The number of hydrogen-bond donors (Lipinski definition) is 0. The van der Waals surface area contributed by atoms with E-state index in [4.69, 9.17) is 30.4 Å². The number of ether oxygens (including phenoxy) is 2. The molecule has 0 bridgehead atoms. The minimum Gasteiger partial charge on any atom is -0.486 e. The van der Waals surface area contributed by atoms with E-state index >= 15 is 0 Å². The van der Waals surface area contributed by atoms with Crippen molar-refractivity contribution in [1.29, 1.82) is 0 Å². The molecule has 0 amide bonds. The van der Waals surface area contributed by atoms with E-state index in [-0.39, 0.29) is 0 Å². The first kappa shape index (κ1) is 17.7. The molecule has 2 aliphatic rings. The fourth-order valence-electron chi connectivity index (χ4n) is 3.14. The van der Waals surface area contributed by atoms with Crippen molar-refractivity contribution in [3.8, 4) is 22.6 Å². The van der Waals surface area contributed by atoms with Gasteiger partial charge in [0.05, 0.1) is 11.2 Å². The van der Waals surface area contributed by atoms with E-state index in [1.54, 1.807) is 0 Å². The predicted molar refractivity (Wildman–Crippen MR) is 104 cm³/mol. The molecule has 2 aliphatic heterocycles. The maximum Gasteiger partial charge on any atom is 0.496 e. The summed E-state index contributed by atoms with van der Waals surface area (Å²) in [5.74, 6) is 1.50. The average Bonchev–Trinajstić information content (AvgIpc) is 2.82. The van der Waals surface area contributed by atoms with E-state index in [2.05, 4.69) is 0 Å². The van der Waals surface area contributed by atoms with Gasteiger partial charge in [0, 0.05) is 16.0 Å². The van der Waals surface area contributed by atoms with Crippen molar-refractivity contribution in [2.24, 2.45) is 0 Å². The Morgan fingerprint density at radius 3 is 2.23 bits per heavy atom. The third-order valence-electron chi connectivity index (χ3n) is 5.39. The molecule has 2 heterocycles. The minimum absolute atomic E-state index is 0.409. The third-order valence-corrected chi connectivity index (χ3v) is 5.81. The highest BCUT2D eigenvalue weighted by molar-refractivity contribution is 6.66. The van der Waals surface area contributed by atoms with Crippen LogP contribution in [0, 0.1) is 0 Å². The van der Waals surface area contributed by atoms with Crippen LogP contribution in [0.3, 0.4) is 0 Å². The first-order chi connectivity index (χ1) is 12.3. The second kappa shape index (κ2) is 6.19. The first-order valence-corrected chi connectivity index (χ1v) is 9.20. The van der Waals surface area contributed by atoms with E-state index in [1.165, 1.54) is 0 Å². The van der Waals surface area contributed by atoms with Crippen molar-refractivity contribution in [2.45, 2.75) is 38.9 Å². The summed E-state index contributed by atoms with van der Waals surface area (Å²) in [6.07, 6.45) is 0. The molecule has 2 aromatic carbocycles. The minimum atomic E-state index is -0.496. The van der Waals surface area contributed by atoms with Crippen LogP contribution in [0.15, 0.2) is 36.4 Å². The smallest absolute Gasteiger partial charge is 0.486 e. The molecule has 0 aromatic heterocycles. The Labute approximate surface area is 159 Å². The summed E-state index contributed by atoms with van der Waals surface area (Å²) in [7, 11) is -0.496. The van der Waals surface area contributed by atoms with Gasteiger partial charge in [0.15, 0.2) is 11.5 Å². The van der Waals surface area contributed by atoms with Gasteiger partial charge in [-0.3, -0.25) is 0 Å². The van der Waals surface area contributed by atoms with Crippen molar-refractivity contribution in [3.63, 3.8) is 0 Å². The maximum atomic E-state index is 6.76. The SMILES string of the molecule is CC1(C)OB(c2cccc(-c3ccc4c(c3)OCCO4)c2Cl)OC1(C)C. The van der Waals surface area contributed by atoms with Crippen LogP contribution >= 0.6 is 11.6 Å². The zero-order chi connectivity index (χ0) is 18.5. The Bertz CT molecular complexity index is 834. The molecule has 0 aliphatic carbocycles. The lowest BCUT2D eigenvalue weighted by atomic mass is 9.77. The van der Waals surface area contributed by atoms with E-state index < -0.39 is 18.3 Å². The second-order valence-corrected chi connectivity index (χ2v) is 8.03. The van der Waals surface area contributed by atoms with Gasteiger partial charge in [-0.25, -0.2) is 0 Å². The average molecular weight is 373 g/mol. The number of halogens is 1. The van der Waals surface area contributed by atoms with Gasteiger partial charge in [0.1, 0.15) is 13.2 Å². The van der Waals surface area contributed by atoms with Crippen LogP contribution in [-0.4, -0.2) is 31.5 Å². The van der Waals surface area contributed by atoms with Crippen LogP contribution in [0.5, 0.6) is 11.5 Å². The molecule has 136 valence electrons. The van der Waals surface area contributed by atoms with E-state index in [0.29, 0.717) is 18.2 Å². The fourth-order valence-corrected chi connectivity index (χ4v) is 3.46. The van der Waals surface area contributed by atoms with Gasteiger partial charge in [-0.2, -0.15) is 0 Å². The van der Waals surface area contributed by atoms with Gasteiger partial charge in [-0.1, -0.05) is 35.9 Å². The summed E-state index contributed by atoms with van der Waals surface area (Å²) >= 11 is 6.76. The molecule has 0 radical (unpaired) electrons. The number of benzene rings is 2. The Hall–Kier alpha value is -1.69. The Balaban J connectivity index is 1.71. The van der Waals surface area contributed by atoms with Crippen LogP contribution in [0.4, 0.5) is 0 Å². The summed E-state index contributed by atoms with van der Waals surface area (Å²) < 4.78 is 23.6. The van der Waals surface area contributed by atoms with Crippen LogP contribution in [-0.2, 0) is 9.31 Å². The molecule has 2 aromatic rings. The van der Waals surface area contributed by atoms with Gasteiger partial charge < -0.3 is 18.8 Å². The van der Waals surface area contributed by atoms with E-state index in [1.807, 2.05) is 64.1 Å². The molecule has 6 heteroatoms. The topological polar surface area (TPSA) is 36.9 Å². The summed E-state index contributed by atoms with van der Waals surface area (Å²) in [6, 6.07) is 11.8. The lowest BCUT2D eigenvalue weighted by molar-refractivity contribution is 0.00578. The van der Waals surface area contributed by atoms with Gasteiger partial charge in [-0.15, -0.1) is 0 Å². The van der Waals surface area contributed by atoms with Crippen molar-refractivity contribution < 1.29 is 18.8 Å². The molecule has 0 spiro atoms. The monoisotopic (exact) mass is 372 g/mol. The highest BCUT2D eigenvalue weighted by Gasteiger charge is 2.52. The lowest BCUT2D eigenvalue weighted by Gasteiger charge is -2.32. The van der Waals surface area contributed by atoms with Crippen molar-refractivity contribution in [3.05, 3.63) is 41.4 Å². The summed E-state index contributed by atoms with van der Waals surface area (Å²) in [6.45, 7) is 9.26. The van der Waals surface area contributed by atoms with Gasteiger partial charge in [0.2, 0.25) is 0 Å². The number of fused-ring (bicyclic) bond motifs is 1. The molecule has 1 saturated heterocycles. The maximum absolute atomic E-state index is 6.76.